The van der Waals surface area contributed by atoms with E-state index in [0.29, 0.717) is 5.56 Å². The molecule has 0 spiro atoms. The Morgan fingerprint density at radius 2 is 1.57 bits per heavy atom. The minimum absolute atomic E-state index is 0. The molecule has 0 radical (unpaired) electrons. The molecule has 12 nitrogen and oxygen atoms in total. The van der Waals surface area contributed by atoms with E-state index in [1.54, 1.807) is 30.3 Å². The molecule has 2 aliphatic heterocycles. The van der Waals surface area contributed by atoms with Crippen molar-refractivity contribution in [3.63, 3.8) is 0 Å². The van der Waals surface area contributed by atoms with Gasteiger partial charge in [-0.15, -0.1) is 11.8 Å². The fourth-order valence-corrected chi connectivity index (χ4v) is 5.00. The molecule has 0 bridgehead atoms. The second-order valence-electron chi connectivity index (χ2n) is 8.00. The van der Waals surface area contributed by atoms with Gasteiger partial charge in [-0.25, -0.2) is 0 Å². The number of rotatable bonds is 9. The quantitative estimate of drug-likeness (QED) is 0.166. The molecule has 11 atom stereocenters. The summed E-state index contributed by atoms with van der Waals surface area (Å²) in [7, 11) is 1.24. The molecule has 1 unspecified atom stereocenters. The molecule has 6 N–H and O–H groups in total. The molecule has 0 aliphatic carbocycles. The van der Waals surface area contributed by atoms with Crippen molar-refractivity contribution in [2.45, 2.75) is 66.7 Å². The number of hydrogen-bond donors (Lipinski definition) is 6. The maximum absolute atomic E-state index is 11.6. The molecule has 0 aromatic heterocycles. The molecule has 192 valence electrons. The number of carboxylic acids is 1. The summed E-state index contributed by atoms with van der Waals surface area (Å²) >= 11 is 0.888. The van der Waals surface area contributed by atoms with E-state index in [-0.39, 0.29) is 35.3 Å². The van der Waals surface area contributed by atoms with E-state index in [0.717, 1.165) is 11.8 Å². The van der Waals surface area contributed by atoms with E-state index in [4.69, 9.17) is 18.9 Å². The summed E-state index contributed by atoms with van der Waals surface area (Å²) in [4.78, 5) is 11.6. The van der Waals surface area contributed by atoms with Gasteiger partial charge in [0.25, 0.3) is 0 Å². The number of benzene rings is 1. The van der Waals surface area contributed by atoms with Crippen LogP contribution in [-0.4, -0.2) is 117 Å². The van der Waals surface area contributed by atoms with Crippen LogP contribution in [-0.2, 0) is 23.7 Å². The van der Waals surface area contributed by atoms with E-state index < -0.39 is 79.2 Å². The number of thioether (sulfide) groups is 1. The number of methoxy groups -OCH3 is 1. The van der Waals surface area contributed by atoms with Crippen LogP contribution in [0.4, 0.5) is 0 Å². The standard InChI is InChI=1S/C21H30O12S.Na/c1-30-20-16(27)14(25)17(10(7-22)31-20)33-21-15(26)13(24)12(23)11(32-21)8-34-18(19(28)29)9-5-3-2-4-6-9;/h2-6,10-18,20-27H,7-8H2,1H3,(H,28,29);/q;+1/p-1/t10-,11-,12-,13-,14+,15-,16-,17+,18?,20+,21-;/m0./s1. The Hall–Kier alpha value is -0.360. The number of hydrogen-bond acceptors (Lipinski definition) is 13. The third-order valence-corrected chi connectivity index (χ3v) is 7.08. The van der Waals surface area contributed by atoms with Gasteiger partial charge in [0.05, 0.1) is 23.9 Å². The maximum atomic E-state index is 11.6. The summed E-state index contributed by atoms with van der Waals surface area (Å²) in [5.74, 6) is -1.48. The van der Waals surface area contributed by atoms with E-state index in [9.17, 15) is 40.5 Å². The monoisotopic (exact) mass is 528 g/mol. The van der Waals surface area contributed by atoms with Gasteiger partial charge in [0, 0.05) is 12.9 Å². The number of ether oxygens (including phenoxy) is 4. The number of aliphatic hydroxyl groups excluding tert-OH is 6. The predicted molar refractivity (Wildman–Crippen MR) is 113 cm³/mol. The largest absolute Gasteiger partial charge is 1.00 e. The van der Waals surface area contributed by atoms with Crippen molar-refractivity contribution in [1.82, 2.24) is 0 Å². The molecule has 3 rings (SSSR count). The topological polar surface area (TPSA) is 198 Å². The van der Waals surface area contributed by atoms with Crippen molar-refractivity contribution in [2.24, 2.45) is 0 Å². The number of aliphatic carboxylic acids is 1. The van der Waals surface area contributed by atoms with Crippen LogP contribution in [0.3, 0.4) is 0 Å². The minimum atomic E-state index is -1.76. The van der Waals surface area contributed by atoms with Crippen molar-refractivity contribution in [1.29, 1.82) is 0 Å². The minimum Gasteiger partial charge on any atom is -0.549 e. The molecular weight excluding hydrogens is 499 g/mol. The average molecular weight is 529 g/mol. The van der Waals surface area contributed by atoms with Gasteiger partial charge < -0.3 is 59.5 Å². The molecule has 35 heavy (non-hydrogen) atoms. The Morgan fingerprint density at radius 1 is 0.971 bits per heavy atom. The molecule has 2 heterocycles. The second-order valence-corrected chi connectivity index (χ2v) is 9.14. The van der Waals surface area contributed by atoms with Crippen LogP contribution in [0.15, 0.2) is 30.3 Å². The average Bonchev–Trinajstić information content (AvgIpc) is 2.83. The van der Waals surface area contributed by atoms with Crippen LogP contribution < -0.4 is 34.7 Å². The third kappa shape index (κ3) is 7.15. The number of carboxylic acid groups (broad SMARTS) is 1. The van der Waals surface area contributed by atoms with Gasteiger partial charge in [0.1, 0.15) is 42.7 Å². The number of carbonyl (C=O) groups excluding carboxylic acids is 1. The van der Waals surface area contributed by atoms with Crippen molar-refractivity contribution in [3.8, 4) is 0 Å². The molecule has 2 saturated heterocycles. The first-order valence-electron chi connectivity index (χ1n) is 10.6. The van der Waals surface area contributed by atoms with Crippen LogP contribution in [0.25, 0.3) is 0 Å². The van der Waals surface area contributed by atoms with Crippen LogP contribution >= 0.6 is 11.8 Å². The second kappa shape index (κ2) is 14.0. The zero-order valence-corrected chi connectivity index (χ0v) is 22.0. The predicted octanol–water partition coefficient (Wildman–Crippen LogP) is -6.51. The molecule has 2 aliphatic rings. The van der Waals surface area contributed by atoms with Crippen LogP contribution in [0.5, 0.6) is 0 Å². The number of aliphatic hydroxyl groups is 6. The summed E-state index contributed by atoms with van der Waals surface area (Å²) in [6.45, 7) is -0.633. The van der Waals surface area contributed by atoms with Gasteiger partial charge in [-0.3, -0.25) is 0 Å². The van der Waals surface area contributed by atoms with Crippen molar-refractivity contribution in [2.75, 3.05) is 19.5 Å². The Morgan fingerprint density at radius 3 is 2.14 bits per heavy atom. The maximum Gasteiger partial charge on any atom is 1.00 e. The van der Waals surface area contributed by atoms with Crippen molar-refractivity contribution < 1.29 is 89.0 Å². The Balaban J connectivity index is 0.00000432. The number of carbonyl (C=O) groups is 1. The molecule has 1 aromatic carbocycles. The molecule has 0 amide bonds. The third-order valence-electron chi connectivity index (χ3n) is 5.76. The SMILES string of the molecule is CO[C@@H]1O[C@@H](CO)[C@@H](O[C@@H]2O[C@@H](CSC(C(=O)[O-])c3ccccc3)[C@H](O)[C@H](O)[C@@H]2O)[C@H](O)[C@@H]1O.[Na+]. The molecule has 0 saturated carbocycles. The summed E-state index contributed by atoms with van der Waals surface area (Å²) in [6, 6.07) is 8.27. The molecule has 14 heteroatoms. The Labute approximate surface area is 228 Å². The molecule has 1 aromatic rings. The fraction of sp³-hybridized carbons (Fsp3) is 0.667. The summed E-state index contributed by atoms with van der Waals surface area (Å²) in [5, 5.41) is 71.8. The van der Waals surface area contributed by atoms with Gasteiger partial charge in [-0.05, 0) is 5.56 Å². The molecule has 2 fully saturated rings. The zero-order chi connectivity index (χ0) is 25.0. The first-order chi connectivity index (χ1) is 16.2. The van der Waals surface area contributed by atoms with E-state index in [2.05, 4.69) is 0 Å². The van der Waals surface area contributed by atoms with E-state index in [1.165, 1.54) is 7.11 Å². The van der Waals surface area contributed by atoms with Crippen LogP contribution in [0.2, 0.25) is 0 Å². The normalized spacial score (nSPS) is 38.4. The van der Waals surface area contributed by atoms with Crippen molar-refractivity contribution >= 4 is 17.7 Å². The first kappa shape index (κ1) is 30.9. The summed E-state index contributed by atoms with van der Waals surface area (Å²) < 4.78 is 21.5. The van der Waals surface area contributed by atoms with Gasteiger partial charge in [-0.1, -0.05) is 30.3 Å². The Kier molecular flexibility index (Phi) is 12.3. The summed E-state index contributed by atoms with van der Waals surface area (Å²) in [6.07, 6.45) is -14.8. The van der Waals surface area contributed by atoms with Gasteiger partial charge >= 0.3 is 29.6 Å². The van der Waals surface area contributed by atoms with Crippen molar-refractivity contribution in [3.05, 3.63) is 35.9 Å². The van der Waals surface area contributed by atoms with E-state index >= 15 is 0 Å². The first-order valence-corrected chi connectivity index (χ1v) is 11.6. The Bertz CT molecular complexity index is 789. The smallest absolute Gasteiger partial charge is 0.549 e. The van der Waals surface area contributed by atoms with Gasteiger partial charge in [-0.2, -0.15) is 0 Å². The zero-order valence-electron chi connectivity index (χ0n) is 19.2. The van der Waals surface area contributed by atoms with Gasteiger partial charge in [0.15, 0.2) is 12.6 Å². The van der Waals surface area contributed by atoms with Gasteiger partial charge in [0.2, 0.25) is 0 Å². The molecular formula is C21H29NaO12S. The summed E-state index contributed by atoms with van der Waals surface area (Å²) in [5.41, 5.74) is 0.459. The fourth-order valence-electron chi connectivity index (χ4n) is 3.86. The van der Waals surface area contributed by atoms with Crippen LogP contribution in [0.1, 0.15) is 10.8 Å². The van der Waals surface area contributed by atoms with Crippen LogP contribution in [0, 0.1) is 0 Å². The van der Waals surface area contributed by atoms with E-state index in [1.807, 2.05) is 0 Å².